The van der Waals surface area contributed by atoms with Gasteiger partial charge in [-0.3, -0.25) is 4.90 Å². The van der Waals surface area contributed by atoms with Crippen molar-refractivity contribution < 1.29 is 9.90 Å². The molecule has 92 valence electrons. The molecule has 1 aromatic rings. The van der Waals surface area contributed by atoms with Crippen molar-refractivity contribution >= 4 is 6.09 Å². The first-order valence-electron chi connectivity index (χ1n) is 5.66. The fourth-order valence-electron chi connectivity index (χ4n) is 2.20. The van der Waals surface area contributed by atoms with Crippen LogP contribution in [0.3, 0.4) is 0 Å². The van der Waals surface area contributed by atoms with Crippen LogP contribution in [0.1, 0.15) is 5.56 Å². The summed E-state index contributed by atoms with van der Waals surface area (Å²) in [6.07, 6.45) is -1.01. The minimum Gasteiger partial charge on any atom is -0.465 e. The van der Waals surface area contributed by atoms with E-state index < -0.39 is 6.09 Å². The first-order chi connectivity index (χ1) is 8.15. The standard InChI is InChI=1S/C12H17N3O2/c13-10-7-15(8-11(10)14-12(16)17)6-9-4-2-1-3-5-9/h1-5,10-11,14H,6-8,13H2,(H,16,17)/t10-,11-/m1/s1. The molecular formula is C12H17N3O2. The number of carbonyl (C=O) groups is 1. The smallest absolute Gasteiger partial charge is 0.404 e. The van der Waals surface area contributed by atoms with Crippen LogP contribution in [0, 0.1) is 0 Å². The summed E-state index contributed by atoms with van der Waals surface area (Å²) in [7, 11) is 0. The second kappa shape index (κ2) is 5.16. The van der Waals surface area contributed by atoms with Crippen molar-refractivity contribution in [2.24, 2.45) is 5.73 Å². The number of carboxylic acid groups (broad SMARTS) is 1. The molecule has 1 aromatic carbocycles. The average Bonchev–Trinajstić information content (AvgIpc) is 2.59. The molecule has 5 heteroatoms. The highest BCUT2D eigenvalue weighted by Crippen LogP contribution is 2.12. The molecule has 1 fully saturated rings. The van der Waals surface area contributed by atoms with Crippen LogP contribution in [-0.2, 0) is 6.54 Å². The molecule has 0 spiro atoms. The Bertz CT molecular complexity index is 383. The summed E-state index contributed by atoms with van der Waals surface area (Å²) in [5.74, 6) is 0. The molecule has 0 aromatic heterocycles. The van der Waals surface area contributed by atoms with E-state index in [2.05, 4.69) is 22.3 Å². The molecule has 2 atom stereocenters. The quantitative estimate of drug-likeness (QED) is 0.711. The zero-order chi connectivity index (χ0) is 12.3. The lowest BCUT2D eigenvalue weighted by atomic mass is 10.2. The Morgan fingerprint density at radius 2 is 2.12 bits per heavy atom. The van der Waals surface area contributed by atoms with E-state index in [1.807, 2.05) is 18.2 Å². The van der Waals surface area contributed by atoms with Crippen LogP contribution in [0.4, 0.5) is 4.79 Å². The van der Waals surface area contributed by atoms with Crippen LogP contribution >= 0.6 is 0 Å². The van der Waals surface area contributed by atoms with Crippen LogP contribution in [0.15, 0.2) is 30.3 Å². The Kier molecular flexibility index (Phi) is 3.61. The van der Waals surface area contributed by atoms with E-state index in [4.69, 9.17) is 10.8 Å². The molecule has 2 rings (SSSR count). The summed E-state index contributed by atoms with van der Waals surface area (Å²) in [5, 5.41) is 11.1. The Morgan fingerprint density at radius 3 is 2.76 bits per heavy atom. The summed E-state index contributed by atoms with van der Waals surface area (Å²) >= 11 is 0. The van der Waals surface area contributed by atoms with E-state index in [-0.39, 0.29) is 12.1 Å². The number of nitrogens with one attached hydrogen (secondary N) is 1. The normalized spacial score (nSPS) is 24.8. The van der Waals surface area contributed by atoms with Gasteiger partial charge in [0.25, 0.3) is 0 Å². The topological polar surface area (TPSA) is 78.6 Å². The average molecular weight is 235 g/mol. The third-order valence-corrected chi connectivity index (χ3v) is 3.00. The van der Waals surface area contributed by atoms with Gasteiger partial charge in [0.05, 0.1) is 6.04 Å². The number of amides is 1. The van der Waals surface area contributed by atoms with Crippen molar-refractivity contribution in [3.8, 4) is 0 Å². The van der Waals surface area contributed by atoms with Crippen LogP contribution in [0.5, 0.6) is 0 Å². The number of hydrogen-bond donors (Lipinski definition) is 3. The maximum atomic E-state index is 10.6. The van der Waals surface area contributed by atoms with E-state index in [9.17, 15) is 4.79 Å². The number of nitrogens with two attached hydrogens (primary N) is 1. The van der Waals surface area contributed by atoms with Crippen molar-refractivity contribution in [3.63, 3.8) is 0 Å². The van der Waals surface area contributed by atoms with E-state index in [1.165, 1.54) is 5.56 Å². The van der Waals surface area contributed by atoms with Crippen molar-refractivity contribution in [3.05, 3.63) is 35.9 Å². The van der Waals surface area contributed by atoms with Gasteiger partial charge in [0.15, 0.2) is 0 Å². The lowest BCUT2D eigenvalue weighted by Crippen LogP contribution is -2.46. The van der Waals surface area contributed by atoms with Gasteiger partial charge in [-0.25, -0.2) is 4.79 Å². The van der Waals surface area contributed by atoms with Gasteiger partial charge in [0.2, 0.25) is 0 Å². The number of rotatable bonds is 3. The minimum absolute atomic E-state index is 0.130. The molecule has 1 heterocycles. The van der Waals surface area contributed by atoms with Crippen LogP contribution in [0.25, 0.3) is 0 Å². The van der Waals surface area contributed by atoms with Gasteiger partial charge in [-0.2, -0.15) is 0 Å². The largest absolute Gasteiger partial charge is 0.465 e. The fraction of sp³-hybridized carbons (Fsp3) is 0.417. The maximum absolute atomic E-state index is 10.6. The monoisotopic (exact) mass is 235 g/mol. The summed E-state index contributed by atoms with van der Waals surface area (Å²) < 4.78 is 0. The molecule has 4 N–H and O–H groups in total. The van der Waals surface area contributed by atoms with E-state index in [0.717, 1.165) is 13.1 Å². The van der Waals surface area contributed by atoms with Crippen molar-refractivity contribution in [1.29, 1.82) is 0 Å². The molecule has 0 bridgehead atoms. The predicted molar refractivity (Wildman–Crippen MR) is 64.6 cm³/mol. The highest BCUT2D eigenvalue weighted by atomic mass is 16.4. The van der Waals surface area contributed by atoms with Crippen molar-refractivity contribution in [2.75, 3.05) is 13.1 Å². The van der Waals surface area contributed by atoms with Crippen molar-refractivity contribution in [1.82, 2.24) is 10.2 Å². The first-order valence-corrected chi connectivity index (χ1v) is 5.66. The van der Waals surface area contributed by atoms with Crippen LogP contribution < -0.4 is 11.1 Å². The molecule has 17 heavy (non-hydrogen) atoms. The summed E-state index contributed by atoms with van der Waals surface area (Å²) in [6.45, 7) is 2.20. The van der Waals surface area contributed by atoms with Gasteiger partial charge >= 0.3 is 6.09 Å². The zero-order valence-electron chi connectivity index (χ0n) is 9.54. The predicted octanol–water partition coefficient (Wildman–Crippen LogP) is 0.466. The van der Waals surface area contributed by atoms with E-state index in [1.54, 1.807) is 0 Å². The molecule has 1 aliphatic heterocycles. The molecule has 0 radical (unpaired) electrons. The molecule has 1 aliphatic rings. The highest BCUT2D eigenvalue weighted by Gasteiger charge is 2.30. The summed E-state index contributed by atoms with van der Waals surface area (Å²) in [5.41, 5.74) is 7.12. The van der Waals surface area contributed by atoms with Gasteiger partial charge in [-0.1, -0.05) is 30.3 Å². The summed E-state index contributed by atoms with van der Waals surface area (Å²) in [4.78, 5) is 12.7. The second-order valence-electron chi connectivity index (χ2n) is 4.40. The second-order valence-corrected chi connectivity index (χ2v) is 4.40. The maximum Gasteiger partial charge on any atom is 0.404 e. The molecule has 0 saturated carbocycles. The third-order valence-electron chi connectivity index (χ3n) is 3.00. The van der Waals surface area contributed by atoms with E-state index >= 15 is 0 Å². The molecular weight excluding hydrogens is 218 g/mol. The Balaban J connectivity index is 1.91. The van der Waals surface area contributed by atoms with Gasteiger partial charge < -0.3 is 16.2 Å². The SMILES string of the molecule is N[C@@H]1CN(Cc2ccccc2)C[C@H]1NC(=O)O. The summed E-state index contributed by atoms with van der Waals surface area (Å²) in [6, 6.07) is 9.79. The third kappa shape index (κ3) is 3.18. The molecule has 1 saturated heterocycles. The van der Waals surface area contributed by atoms with Gasteiger partial charge in [-0.15, -0.1) is 0 Å². The molecule has 5 nitrogen and oxygen atoms in total. The lowest BCUT2D eigenvalue weighted by molar-refractivity contribution is 0.188. The van der Waals surface area contributed by atoms with Crippen LogP contribution in [-0.4, -0.2) is 41.3 Å². The highest BCUT2D eigenvalue weighted by molar-refractivity contribution is 5.65. The number of hydrogen-bond acceptors (Lipinski definition) is 3. The number of benzene rings is 1. The zero-order valence-corrected chi connectivity index (χ0v) is 9.54. The Hall–Kier alpha value is -1.59. The number of nitrogens with zero attached hydrogens (tertiary/aromatic N) is 1. The first kappa shape index (κ1) is 11.9. The van der Waals surface area contributed by atoms with Gasteiger partial charge in [0, 0.05) is 25.7 Å². The molecule has 0 aliphatic carbocycles. The van der Waals surface area contributed by atoms with Gasteiger partial charge in [0.1, 0.15) is 0 Å². The lowest BCUT2D eigenvalue weighted by Gasteiger charge is -2.15. The Morgan fingerprint density at radius 1 is 1.41 bits per heavy atom. The molecule has 1 amide bonds. The Labute approximate surface area is 100 Å². The van der Waals surface area contributed by atoms with E-state index in [0.29, 0.717) is 6.54 Å². The number of likely N-dealkylation sites (tertiary alicyclic amines) is 1. The van der Waals surface area contributed by atoms with Gasteiger partial charge in [-0.05, 0) is 5.56 Å². The minimum atomic E-state index is -1.01. The fourth-order valence-corrected chi connectivity index (χ4v) is 2.20. The van der Waals surface area contributed by atoms with Crippen molar-refractivity contribution in [2.45, 2.75) is 18.6 Å². The van der Waals surface area contributed by atoms with Crippen LogP contribution in [0.2, 0.25) is 0 Å². The molecule has 0 unspecified atom stereocenters.